The zero-order chi connectivity index (χ0) is 26.5. The summed E-state index contributed by atoms with van der Waals surface area (Å²) in [7, 11) is 1.27. The van der Waals surface area contributed by atoms with Crippen molar-refractivity contribution in [2.75, 3.05) is 12.4 Å². The number of aryl methyl sites for hydroxylation is 2. The first kappa shape index (κ1) is 25.8. The number of methoxy groups -OCH3 is 1. The summed E-state index contributed by atoms with van der Waals surface area (Å²) >= 11 is 1.27. The van der Waals surface area contributed by atoms with Crippen molar-refractivity contribution in [1.82, 2.24) is 5.43 Å². The molecule has 2 amide bonds. The van der Waals surface area contributed by atoms with Crippen LogP contribution in [0.4, 0.5) is 5.00 Å². The zero-order valence-corrected chi connectivity index (χ0v) is 21.4. The van der Waals surface area contributed by atoms with Crippen LogP contribution in [-0.4, -0.2) is 36.6 Å². The average Bonchev–Trinajstić information content (AvgIpc) is 3.48. The zero-order valence-electron chi connectivity index (χ0n) is 20.5. The lowest BCUT2D eigenvalue weighted by atomic mass is 10.1. The molecular formula is C27H25N3O6S. The van der Waals surface area contributed by atoms with Crippen LogP contribution in [-0.2, 0) is 27.2 Å². The number of nitrogens with zero attached hydrogens (tertiary/aromatic N) is 1. The minimum atomic E-state index is -1.02. The minimum absolute atomic E-state index is 0.254. The van der Waals surface area contributed by atoms with Crippen molar-refractivity contribution in [2.45, 2.75) is 33.1 Å². The maximum Gasteiger partial charge on any atom is 0.343 e. The number of carbonyl (C=O) groups excluding carboxylic acids is 4. The second kappa shape index (κ2) is 11.2. The van der Waals surface area contributed by atoms with Gasteiger partial charge in [0.1, 0.15) is 10.8 Å². The van der Waals surface area contributed by atoms with Crippen LogP contribution in [0.1, 0.15) is 55.6 Å². The molecule has 190 valence electrons. The number of rotatable bonds is 6. The van der Waals surface area contributed by atoms with Gasteiger partial charge in [-0.3, -0.25) is 9.59 Å². The van der Waals surface area contributed by atoms with Gasteiger partial charge in [-0.05, 0) is 62.9 Å². The van der Waals surface area contributed by atoms with Crippen LogP contribution in [0, 0.1) is 6.92 Å². The summed E-state index contributed by atoms with van der Waals surface area (Å²) in [6.07, 6.45) is 2.45. The van der Waals surface area contributed by atoms with Crippen LogP contribution in [0.3, 0.4) is 0 Å². The van der Waals surface area contributed by atoms with E-state index in [1.165, 1.54) is 18.4 Å². The second-order valence-corrected chi connectivity index (χ2v) is 9.50. The predicted molar refractivity (Wildman–Crippen MR) is 139 cm³/mol. The highest BCUT2D eigenvalue weighted by Gasteiger charge is 2.29. The number of hydrogen-bond acceptors (Lipinski definition) is 8. The molecule has 2 N–H and O–H groups in total. The van der Waals surface area contributed by atoms with E-state index >= 15 is 0 Å². The lowest BCUT2D eigenvalue weighted by Crippen LogP contribution is -2.33. The maximum absolute atomic E-state index is 12.6. The Morgan fingerprint density at radius 3 is 2.41 bits per heavy atom. The Hall–Kier alpha value is -4.31. The third kappa shape index (κ3) is 5.75. The van der Waals surface area contributed by atoms with E-state index in [-0.39, 0.29) is 10.8 Å². The van der Waals surface area contributed by atoms with Crippen molar-refractivity contribution in [1.29, 1.82) is 0 Å². The maximum atomic E-state index is 12.6. The van der Waals surface area contributed by atoms with Gasteiger partial charge in [-0.25, -0.2) is 15.0 Å². The molecule has 3 aromatic rings. The van der Waals surface area contributed by atoms with Crippen molar-refractivity contribution < 1.29 is 28.7 Å². The number of nitrogens with one attached hydrogen (secondary N) is 2. The van der Waals surface area contributed by atoms with Crippen LogP contribution < -0.4 is 15.5 Å². The summed E-state index contributed by atoms with van der Waals surface area (Å²) in [5, 5.41) is 6.80. The molecule has 2 aromatic carbocycles. The fraction of sp³-hybridized carbons (Fsp3) is 0.222. The first-order chi connectivity index (χ1) is 17.8. The van der Waals surface area contributed by atoms with Crippen LogP contribution in [0.2, 0.25) is 0 Å². The number of ether oxygens (including phenoxy) is 2. The molecule has 9 nitrogen and oxygen atoms in total. The monoisotopic (exact) mass is 519 g/mol. The number of amides is 2. The fourth-order valence-corrected chi connectivity index (χ4v) is 5.19. The Bertz CT molecular complexity index is 1410. The van der Waals surface area contributed by atoms with Crippen LogP contribution in [0.5, 0.6) is 5.75 Å². The van der Waals surface area contributed by atoms with E-state index in [2.05, 4.69) is 15.8 Å². The molecule has 0 aliphatic heterocycles. The van der Waals surface area contributed by atoms with Crippen molar-refractivity contribution >= 4 is 45.8 Å². The summed E-state index contributed by atoms with van der Waals surface area (Å²) in [5.74, 6) is -2.82. The Balaban J connectivity index is 1.45. The Labute approximate surface area is 217 Å². The van der Waals surface area contributed by atoms with Gasteiger partial charge in [0.15, 0.2) is 0 Å². The Morgan fingerprint density at radius 2 is 1.68 bits per heavy atom. The smallest absolute Gasteiger partial charge is 0.343 e. The average molecular weight is 520 g/mol. The van der Waals surface area contributed by atoms with Crippen LogP contribution >= 0.6 is 11.3 Å². The number of hydrazone groups is 1. The highest BCUT2D eigenvalue weighted by atomic mass is 32.1. The quantitative estimate of drug-likeness (QED) is 0.167. The number of thiophene rings is 1. The second-order valence-electron chi connectivity index (χ2n) is 8.40. The number of fused-ring (bicyclic) bond motifs is 1. The molecule has 1 aliphatic carbocycles. The highest BCUT2D eigenvalue weighted by molar-refractivity contribution is 7.17. The summed E-state index contributed by atoms with van der Waals surface area (Å²) in [6, 6.07) is 13.7. The fourth-order valence-electron chi connectivity index (χ4n) is 3.92. The van der Waals surface area contributed by atoms with Crippen molar-refractivity contribution in [3.63, 3.8) is 0 Å². The molecule has 37 heavy (non-hydrogen) atoms. The third-order valence-corrected chi connectivity index (χ3v) is 7.04. The molecule has 0 fully saturated rings. The first-order valence-corrected chi connectivity index (χ1v) is 12.4. The molecule has 0 bridgehead atoms. The lowest BCUT2D eigenvalue weighted by Gasteiger charge is -2.10. The van der Waals surface area contributed by atoms with Crippen molar-refractivity contribution in [3.8, 4) is 5.75 Å². The molecule has 1 aliphatic rings. The molecule has 0 radical (unpaired) electrons. The number of para-hydroxylation sites is 1. The van der Waals surface area contributed by atoms with Gasteiger partial charge in [0.05, 0.1) is 23.9 Å². The highest BCUT2D eigenvalue weighted by Crippen LogP contribution is 2.39. The molecule has 0 spiro atoms. The van der Waals surface area contributed by atoms with E-state index in [1.54, 1.807) is 43.3 Å². The summed E-state index contributed by atoms with van der Waals surface area (Å²) in [6.45, 7) is 3.53. The SMILES string of the molecule is COC(=O)c1c(NC(=O)C(=O)NN=C(C)c2ccccc2OC(=O)c2ccc(C)cc2)sc2c1CCC2. The van der Waals surface area contributed by atoms with Gasteiger partial charge < -0.3 is 14.8 Å². The standard InChI is InChI=1S/C27H25N3O6S/c1-15-11-13-17(14-12-15)26(33)36-20-9-5-4-7-18(20)16(2)29-30-24(32)23(31)28-25-22(27(34)35-3)19-8-6-10-21(19)37-25/h4-5,7,9,11-14H,6,8,10H2,1-3H3,(H,28,31)(H,30,32). The largest absolute Gasteiger partial charge is 0.465 e. The summed E-state index contributed by atoms with van der Waals surface area (Å²) in [4.78, 5) is 50.8. The number of carbonyl (C=O) groups is 4. The molecular weight excluding hydrogens is 494 g/mol. The molecule has 0 atom stereocenters. The lowest BCUT2D eigenvalue weighted by molar-refractivity contribution is -0.136. The molecule has 0 saturated carbocycles. The van der Waals surface area contributed by atoms with Gasteiger partial charge in [-0.2, -0.15) is 5.10 Å². The Morgan fingerprint density at radius 1 is 0.946 bits per heavy atom. The van der Waals surface area contributed by atoms with E-state index < -0.39 is 23.8 Å². The predicted octanol–water partition coefficient (Wildman–Crippen LogP) is 4.03. The normalized spacial score (nSPS) is 12.5. The number of hydrogen-bond donors (Lipinski definition) is 2. The summed E-state index contributed by atoms with van der Waals surface area (Å²) in [5.41, 5.74) is 5.57. The minimum Gasteiger partial charge on any atom is -0.465 e. The molecule has 4 rings (SSSR count). The van der Waals surface area contributed by atoms with Crippen molar-refractivity contribution in [2.24, 2.45) is 5.10 Å². The van der Waals surface area contributed by atoms with E-state index in [4.69, 9.17) is 9.47 Å². The number of esters is 2. The van der Waals surface area contributed by atoms with Crippen LogP contribution in [0.15, 0.2) is 53.6 Å². The van der Waals surface area contributed by atoms with E-state index in [0.717, 1.165) is 35.3 Å². The molecule has 1 heterocycles. The molecule has 0 saturated heterocycles. The van der Waals surface area contributed by atoms with Gasteiger partial charge in [-0.15, -0.1) is 11.3 Å². The van der Waals surface area contributed by atoms with Crippen LogP contribution in [0.25, 0.3) is 0 Å². The summed E-state index contributed by atoms with van der Waals surface area (Å²) < 4.78 is 10.4. The van der Waals surface area contributed by atoms with E-state index in [9.17, 15) is 19.2 Å². The topological polar surface area (TPSA) is 123 Å². The van der Waals surface area contributed by atoms with Gasteiger partial charge in [0.2, 0.25) is 0 Å². The van der Waals surface area contributed by atoms with Gasteiger partial charge in [0, 0.05) is 10.4 Å². The molecule has 1 aromatic heterocycles. The van der Waals surface area contributed by atoms with Gasteiger partial charge in [0.25, 0.3) is 0 Å². The van der Waals surface area contributed by atoms with Gasteiger partial charge >= 0.3 is 23.8 Å². The third-order valence-electron chi connectivity index (χ3n) is 5.84. The Kier molecular flexibility index (Phi) is 7.78. The molecule has 0 unspecified atom stereocenters. The first-order valence-electron chi connectivity index (χ1n) is 11.5. The van der Waals surface area contributed by atoms with E-state index in [1.807, 2.05) is 19.1 Å². The van der Waals surface area contributed by atoms with Gasteiger partial charge in [-0.1, -0.05) is 29.8 Å². The number of anilines is 1. The molecule has 10 heteroatoms. The van der Waals surface area contributed by atoms with Crippen molar-refractivity contribution in [3.05, 3.63) is 81.2 Å². The van der Waals surface area contributed by atoms with E-state index in [0.29, 0.717) is 22.4 Å². The number of benzene rings is 2.